The lowest BCUT2D eigenvalue weighted by molar-refractivity contribution is 0.0162. The molecule has 1 aromatic heterocycles. The normalized spacial score (nSPS) is 19.0. The van der Waals surface area contributed by atoms with Crippen molar-refractivity contribution in [3.05, 3.63) is 22.6 Å². The van der Waals surface area contributed by atoms with Crippen molar-refractivity contribution in [2.75, 3.05) is 19.6 Å². The number of hydrogen-bond donors (Lipinski definition) is 1. The summed E-state index contributed by atoms with van der Waals surface area (Å²) < 4.78 is 11.7. The van der Waals surface area contributed by atoms with Crippen LogP contribution in [0.3, 0.4) is 0 Å². The molecule has 130 valence electrons. The largest absolute Gasteiger partial charge is 0.453 e. The quantitative estimate of drug-likeness (QED) is 0.771. The second-order valence-electron chi connectivity index (χ2n) is 7.11. The molecule has 1 unspecified atom stereocenters. The fourth-order valence-electron chi connectivity index (χ4n) is 2.76. The minimum atomic E-state index is -0.428. The summed E-state index contributed by atoms with van der Waals surface area (Å²) in [6.45, 7) is 8.97. The van der Waals surface area contributed by atoms with Gasteiger partial charge in [0, 0.05) is 13.1 Å². The first-order chi connectivity index (χ1) is 10.8. The summed E-state index contributed by atoms with van der Waals surface area (Å²) in [5, 5.41) is 3.40. The predicted octanol–water partition coefficient (Wildman–Crippen LogP) is 4.17. The molecule has 1 fully saturated rings. The fourth-order valence-corrected chi connectivity index (χ4v) is 3.10. The third-order valence-electron chi connectivity index (χ3n) is 3.83. The van der Waals surface area contributed by atoms with E-state index in [4.69, 9.17) is 9.15 Å². The second kappa shape index (κ2) is 8.20. The molecule has 1 saturated heterocycles. The zero-order chi connectivity index (χ0) is 16.9. The Morgan fingerprint density at radius 3 is 2.91 bits per heavy atom. The highest BCUT2D eigenvalue weighted by molar-refractivity contribution is 9.10. The number of ether oxygens (including phenoxy) is 1. The Hall–Kier alpha value is -1.01. The Kier molecular flexibility index (Phi) is 6.53. The van der Waals surface area contributed by atoms with E-state index < -0.39 is 5.60 Å². The standard InChI is InChI=1S/C17H27BrN2O3/c1-17(2,3)23-16(21)20-10-4-5-13(12-20)8-9-19-11-14-6-7-15(18)22-14/h6-7,13,19H,4-5,8-12H2,1-3H3. The van der Waals surface area contributed by atoms with Crippen LogP contribution in [0.1, 0.15) is 45.8 Å². The molecule has 1 aliphatic rings. The van der Waals surface area contributed by atoms with Crippen molar-refractivity contribution in [2.45, 2.75) is 52.2 Å². The van der Waals surface area contributed by atoms with Crippen molar-refractivity contribution < 1.29 is 13.9 Å². The zero-order valence-electron chi connectivity index (χ0n) is 14.2. The van der Waals surface area contributed by atoms with Gasteiger partial charge in [0.2, 0.25) is 0 Å². The Bertz CT molecular complexity index is 510. The van der Waals surface area contributed by atoms with Gasteiger partial charge in [0.15, 0.2) is 4.67 Å². The number of nitrogens with zero attached hydrogens (tertiary/aromatic N) is 1. The van der Waals surface area contributed by atoms with Gasteiger partial charge >= 0.3 is 6.09 Å². The van der Waals surface area contributed by atoms with E-state index in [1.54, 1.807) is 0 Å². The van der Waals surface area contributed by atoms with Crippen molar-refractivity contribution in [3.63, 3.8) is 0 Å². The van der Waals surface area contributed by atoms with Crippen molar-refractivity contribution in [2.24, 2.45) is 5.92 Å². The van der Waals surface area contributed by atoms with Crippen LogP contribution in [0.5, 0.6) is 0 Å². The number of hydrogen-bond acceptors (Lipinski definition) is 4. The zero-order valence-corrected chi connectivity index (χ0v) is 15.8. The van der Waals surface area contributed by atoms with Gasteiger partial charge in [-0.3, -0.25) is 0 Å². The fraction of sp³-hybridized carbons (Fsp3) is 0.706. The molecule has 0 aromatic carbocycles. The summed E-state index contributed by atoms with van der Waals surface area (Å²) >= 11 is 3.30. The SMILES string of the molecule is CC(C)(C)OC(=O)N1CCCC(CCNCc2ccc(Br)o2)C1. The van der Waals surface area contributed by atoms with Crippen LogP contribution in [-0.4, -0.2) is 36.2 Å². The number of rotatable bonds is 5. The third-order valence-corrected chi connectivity index (χ3v) is 4.25. The topological polar surface area (TPSA) is 54.7 Å². The number of piperidine rings is 1. The van der Waals surface area contributed by atoms with E-state index in [0.29, 0.717) is 5.92 Å². The molecule has 2 heterocycles. The average molecular weight is 387 g/mol. The highest BCUT2D eigenvalue weighted by Crippen LogP contribution is 2.21. The first-order valence-electron chi connectivity index (χ1n) is 8.26. The lowest BCUT2D eigenvalue weighted by Crippen LogP contribution is -2.43. The van der Waals surface area contributed by atoms with Gasteiger partial charge in [0.1, 0.15) is 11.4 Å². The molecular weight excluding hydrogens is 360 g/mol. The minimum absolute atomic E-state index is 0.185. The van der Waals surface area contributed by atoms with Crippen LogP contribution in [0.15, 0.2) is 21.2 Å². The summed E-state index contributed by atoms with van der Waals surface area (Å²) in [6, 6.07) is 3.86. The van der Waals surface area contributed by atoms with Gasteiger partial charge in [0.25, 0.3) is 0 Å². The Balaban J connectivity index is 1.68. The third kappa shape index (κ3) is 6.55. The Morgan fingerprint density at radius 2 is 2.26 bits per heavy atom. The number of furan rings is 1. The average Bonchev–Trinajstić information content (AvgIpc) is 2.88. The summed E-state index contributed by atoms with van der Waals surface area (Å²) in [7, 11) is 0. The molecule has 1 atom stereocenters. The molecule has 0 spiro atoms. The number of likely N-dealkylation sites (tertiary alicyclic amines) is 1. The number of carbonyl (C=O) groups is 1. The van der Waals surface area contributed by atoms with Crippen LogP contribution < -0.4 is 5.32 Å². The maximum Gasteiger partial charge on any atom is 0.410 e. The molecule has 6 heteroatoms. The first kappa shape index (κ1) is 18.3. The van der Waals surface area contributed by atoms with Crippen molar-refractivity contribution >= 4 is 22.0 Å². The molecule has 0 saturated carbocycles. The van der Waals surface area contributed by atoms with Gasteiger partial charge in [-0.25, -0.2) is 4.79 Å². The minimum Gasteiger partial charge on any atom is -0.453 e. The molecule has 1 aliphatic heterocycles. The second-order valence-corrected chi connectivity index (χ2v) is 7.89. The van der Waals surface area contributed by atoms with Gasteiger partial charge in [-0.1, -0.05) is 0 Å². The van der Waals surface area contributed by atoms with Crippen molar-refractivity contribution in [3.8, 4) is 0 Å². The molecule has 0 aliphatic carbocycles. The maximum atomic E-state index is 12.1. The Morgan fingerprint density at radius 1 is 1.48 bits per heavy atom. The van der Waals surface area contributed by atoms with Crippen LogP contribution >= 0.6 is 15.9 Å². The molecule has 1 amide bonds. The molecule has 5 nitrogen and oxygen atoms in total. The summed E-state index contributed by atoms with van der Waals surface area (Å²) in [4.78, 5) is 14.0. The van der Waals surface area contributed by atoms with E-state index in [1.165, 1.54) is 6.42 Å². The number of halogens is 1. The molecule has 1 N–H and O–H groups in total. The molecule has 23 heavy (non-hydrogen) atoms. The molecule has 0 bridgehead atoms. The van der Waals surface area contributed by atoms with Gasteiger partial charge in [0.05, 0.1) is 6.54 Å². The Labute approximate surface area is 146 Å². The van der Waals surface area contributed by atoms with Gasteiger partial charge in [-0.15, -0.1) is 0 Å². The number of amides is 1. The highest BCUT2D eigenvalue weighted by Gasteiger charge is 2.27. The van der Waals surface area contributed by atoms with Gasteiger partial charge < -0.3 is 19.4 Å². The van der Waals surface area contributed by atoms with Crippen LogP contribution in [0.4, 0.5) is 4.79 Å². The molecule has 0 radical (unpaired) electrons. The van der Waals surface area contributed by atoms with Crippen LogP contribution in [0, 0.1) is 5.92 Å². The smallest absolute Gasteiger partial charge is 0.410 e. The lowest BCUT2D eigenvalue weighted by Gasteiger charge is -2.34. The first-order valence-corrected chi connectivity index (χ1v) is 9.05. The van der Waals surface area contributed by atoms with Crippen LogP contribution in [0.2, 0.25) is 0 Å². The van der Waals surface area contributed by atoms with E-state index in [2.05, 4.69) is 21.2 Å². The van der Waals surface area contributed by atoms with Crippen LogP contribution in [0.25, 0.3) is 0 Å². The molecule has 1 aromatic rings. The van der Waals surface area contributed by atoms with E-state index >= 15 is 0 Å². The summed E-state index contributed by atoms with van der Waals surface area (Å²) in [5.74, 6) is 1.46. The van der Waals surface area contributed by atoms with E-state index in [9.17, 15) is 4.79 Å². The predicted molar refractivity (Wildman–Crippen MR) is 93.3 cm³/mol. The number of nitrogens with one attached hydrogen (secondary N) is 1. The molecule has 2 rings (SSSR count). The van der Waals surface area contributed by atoms with Crippen molar-refractivity contribution in [1.29, 1.82) is 0 Å². The van der Waals surface area contributed by atoms with Gasteiger partial charge in [-0.05, 0) is 80.6 Å². The summed E-state index contributed by atoms with van der Waals surface area (Å²) in [6.07, 6.45) is 3.10. The van der Waals surface area contributed by atoms with Gasteiger partial charge in [-0.2, -0.15) is 0 Å². The van der Waals surface area contributed by atoms with Crippen molar-refractivity contribution in [1.82, 2.24) is 10.2 Å². The summed E-state index contributed by atoms with van der Waals surface area (Å²) in [5.41, 5.74) is -0.428. The number of carbonyl (C=O) groups excluding carboxylic acids is 1. The monoisotopic (exact) mass is 386 g/mol. The maximum absolute atomic E-state index is 12.1. The van der Waals surface area contributed by atoms with Crippen LogP contribution in [-0.2, 0) is 11.3 Å². The van der Waals surface area contributed by atoms with E-state index in [1.807, 2.05) is 37.8 Å². The lowest BCUT2D eigenvalue weighted by atomic mass is 9.95. The van der Waals surface area contributed by atoms with E-state index in [-0.39, 0.29) is 6.09 Å². The molecular formula is C17H27BrN2O3. The highest BCUT2D eigenvalue weighted by atomic mass is 79.9. The van der Waals surface area contributed by atoms with E-state index in [0.717, 1.165) is 49.5 Å².